The fraction of sp³-hybridized carbons (Fsp3) is 0.192. The summed E-state index contributed by atoms with van der Waals surface area (Å²) in [4.78, 5) is 12.4. The molecule has 0 aliphatic heterocycles. The van der Waals surface area contributed by atoms with E-state index in [1.54, 1.807) is 12.1 Å². The second-order valence-electron chi connectivity index (χ2n) is 7.39. The number of aromatic nitrogens is 2. The topological polar surface area (TPSA) is 77.2 Å². The molecule has 0 aliphatic carbocycles. The van der Waals surface area contributed by atoms with E-state index in [1.807, 2.05) is 79.7 Å². The number of hydrogen-bond acceptors (Lipinski definition) is 5. The summed E-state index contributed by atoms with van der Waals surface area (Å²) in [6, 6.07) is 26.8. The lowest BCUT2D eigenvalue weighted by Crippen LogP contribution is -2.25. The number of benzene rings is 3. The summed E-state index contributed by atoms with van der Waals surface area (Å²) >= 11 is 0. The van der Waals surface area contributed by atoms with E-state index in [0.29, 0.717) is 30.5 Å². The van der Waals surface area contributed by atoms with Crippen molar-refractivity contribution < 1.29 is 13.9 Å². The highest BCUT2D eigenvalue weighted by Crippen LogP contribution is 2.24. The molecule has 3 aromatic carbocycles. The van der Waals surface area contributed by atoms with Crippen molar-refractivity contribution >= 4 is 5.91 Å². The molecule has 0 radical (unpaired) electrons. The molecule has 1 heterocycles. The third-order valence-electron chi connectivity index (χ3n) is 5.08. The lowest BCUT2D eigenvalue weighted by molar-refractivity contribution is 0.0635. The summed E-state index contributed by atoms with van der Waals surface area (Å²) in [7, 11) is 0. The third-order valence-corrected chi connectivity index (χ3v) is 5.08. The number of rotatable bonds is 9. The van der Waals surface area contributed by atoms with Crippen LogP contribution in [-0.4, -0.2) is 29.3 Å². The van der Waals surface area contributed by atoms with Gasteiger partial charge in [0.25, 0.3) is 5.91 Å². The van der Waals surface area contributed by atoms with Crippen LogP contribution in [0.1, 0.15) is 35.4 Å². The number of nitrogens with zero attached hydrogens (tertiary/aromatic N) is 2. The van der Waals surface area contributed by atoms with E-state index < -0.39 is 0 Å². The van der Waals surface area contributed by atoms with Crippen LogP contribution in [0.15, 0.2) is 89.3 Å². The van der Waals surface area contributed by atoms with E-state index in [4.69, 9.17) is 9.15 Å². The molecule has 1 atom stereocenters. The van der Waals surface area contributed by atoms with Crippen molar-refractivity contribution in [3.8, 4) is 22.9 Å². The molecule has 0 spiro atoms. The first-order chi connectivity index (χ1) is 15.7. The molecule has 162 valence electrons. The van der Waals surface area contributed by atoms with E-state index in [-0.39, 0.29) is 12.0 Å². The Hall–Kier alpha value is -3.77. The molecule has 1 unspecified atom stereocenters. The molecule has 0 saturated carbocycles. The SMILES string of the molecule is CC(OCCCNC(=O)c1ccc(-c2nnc(-c3ccccc3)o2)cc1)c1ccccc1. The largest absolute Gasteiger partial charge is 0.416 e. The fourth-order valence-electron chi connectivity index (χ4n) is 3.26. The molecule has 0 aliphatic rings. The van der Waals surface area contributed by atoms with Gasteiger partial charge >= 0.3 is 0 Å². The quantitative estimate of drug-likeness (QED) is 0.367. The van der Waals surface area contributed by atoms with Crippen LogP contribution in [0.4, 0.5) is 0 Å². The van der Waals surface area contributed by atoms with Crippen molar-refractivity contribution in [2.24, 2.45) is 0 Å². The highest BCUT2D eigenvalue weighted by molar-refractivity contribution is 5.94. The minimum absolute atomic E-state index is 0.0338. The van der Waals surface area contributed by atoms with Crippen LogP contribution >= 0.6 is 0 Å². The van der Waals surface area contributed by atoms with Gasteiger partial charge in [0.1, 0.15) is 0 Å². The highest BCUT2D eigenvalue weighted by atomic mass is 16.5. The molecule has 1 aromatic heterocycles. The Kier molecular flexibility index (Phi) is 7.05. The third kappa shape index (κ3) is 5.47. The first kappa shape index (κ1) is 21.5. The summed E-state index contributed by atoms with van der Waals surface area (Å²) in [6.45, 7) is 3.16. The number of nitrogens with one attached hydrogen (secondary N) is 1. The zero-order chi connectivity index (χ0) is 22.2. The molecule has 6 nitrogen and oxygen atoms in total. The molecule has 1 N–H and O–H groups in total. The Balaban J connectivity index is 1.24. The monoisotopic (exact) mass is 427 g/mol. The first-order valence-corrected chi connectivity index (χ1v) is 10.6. The van der Waals surface area contributed by atoms with Crippen LogP contribution in [0.5, 0.6) is 0 Å². The number of ether oxygens (including phenoxy) is 1. The van der Waals surface area contributed by atoms with Crippen molar-refractivity contribution in [2.45, 2.75) is 19.4 Å². The van der Waals surface area contributed by atoms with E-state index in [9.17, 15) is 4.79 Å². The van der Waals surface area contributed by atoms with E-state index >= 15 is 0 Å². The van der Waals surface area contributed by atoms with Gasteiger partial charge in [-0.05, 0) is 55.3 Å². The Morgan fingerprint density at radius 3 is 2.12 bits per heavy atom. The van der Waals surface area contributed by atoms with Gasteiger partial charge in [0.15, 0.2) is 0 Å². The number of carbonyl (C=O) groups is 1. The fourth-order valence-corrected chi connectivity index (χ4v) is 3.26. The molecule has 0 bridgehead atoms. The van der Waals surface area contributed by atoms with Crippen LogP contribution in [0.3, 0.4) is 0 Å². The molecular weight excluding hydrogens is 402 g/mol. The Morgan fingerprint density at radius 2 is 1.47 bits per heavy atom. The van der Waals surface area contributed by atoms with Gasteiger partial charge in [0, 0.05) is 29.8 Å². The second kappa shape index (κ2) is 10.5. The standard InChI is InChI=1S/C26H25N3O3/c1-19(20-9-4-2-5-10-20)31-18-8-17-27-24(30)21-13-15-23(16-14-21)26-29-28-25(32-26)22-11-6-3-7-12-22/h2-7,9-16,19H,8,17-18H2,1H3,(H,27,30). The normalized spacial score (nSPS) is 11.8. The van der Waals surface area contributed by atoms with Gasteiger partial charge in [-0.3, -0.25) is 4.79 Å². The predicted molar refractivity (Wildman–Crippen MR) is 123 cm³/mol. The zero-order valence-electron chi connectivity index (χ0n) is 17.9. The molecule has 4 aromatic rings. The molecule has 0 fully saturated rings. The summed E-state index contributed by atoms with van der Waals surface area (Å²) in [5.41, 5.74) is 3.35. The van der Waals surface area contributed by atoms with Gasteiger partial charge in [-0.2, -0.15) is 0 Å². The lowest BCUT2D eigenvalue weighted by Gasteiger charge is -2.13. The predicted octanol–water partition coefficient (Wildman–Crippen LogP) is 5.30. The zero-order valence-corrected chi connectivity index (χ0v) is 17.9. The van der Waals surface area contributed by atoms with Crippen LogP contribution in [0.25, 0.3) is 22.9 Å². The van der Waals surface area contributed by atoms with Crippen molar-refractivity contribution in [3.05, 3.63) is 96.1 Å². The summed E-state index contributed by atoms with van der Waals surface area (Å²) in [5.74, 6) is 0.759. The van der Waals surface area contributed by atoms with Gasteiger partial charge in [0.2, 0.25) is 11.8 Å². The molecule has 4 rings (SSSR count). The minimum Gasteiger partial charge on any atom is -0.416 e. The van der Waals surface area contributed by atoms with E-state index in [0.717, 1.165) is 23.1 Å². The first-order valence-electron chi connectivity index (χ1n) is 10.6. The smallest absolute Gasteiger partial charge is 0.251 e. The molecule has 6 heteroatoms. The average Bonchev–Trinajstić information content (AvgIpc) is 3.35. The minimum atomic E-state index is -0.122. The van der Waals surface area contributed by atoms with Gasteiger partial charge < -0.3 is 14.5 Å². The van der Waals surface area contributed by atoms with Crippen molar-refractivity contribution in [1.29, 1.82) is 0 Å². The Bertz CT molecular complexity index is 1130. The molecular formula is C26H25N3O3. The maximum absolute atomic E-state index is 12.4. The molecule has 32 heavy (non-hydrogen) atoms. The van der Waals surface area contributed by atoms with Crippen LogP contribution in [-0.2, 0) is 4.74 Å². The van der Waals surface area contributed by atoms with Gasteiger partial charge in [-0.1, -0.05) is 48.5 Å². The van der Waals surface area contributed by atoms with Crippen molar-refractivity contribution in [3.63, 3.8) is 0 Å². The van der Waals surface area contributed by atoms with Gasteiger partial charge in [0.05, 0.1) is 6.10 Å². The molecule has 0 saturated heterocycles. The average molecular weight is 428 g/mol. The summed E-state index contributed by atoms with van der Waals surface area (Å²) in [5, 5.41) is 11.1. The number of carbonyl (C=O) groups excluding carboxylic acids is 1. The van der Waals surface area contributed by atoms with E-state index in [2.05, 4.69) is 15.5 Å². The maximum atomic E-state index is 12.4. The maximum Gasteiger partial charge on any atom is 0.251 e. The highest BCUT2D eigenvalue weighted by Gasteiger charge is 2.12. The number of hydrogen-bond donors (Lipinski definition) is 1. The van der Waals surface area contributed by atoms with Crippen molar-refractivity contribution in [1.82, 2.24) is 15.5 Å². The second-order valence-corrected chi connectivity index (χ2v) is 7.39. The van der Waals surface area contributed by atoms with Gasteiger partial charge in [-0.15, -0.1) is 10.2 Å². The Morgan fingerprint density at radius 1 is 0.875 bits per heavy atom. The van der Waals surface area contributed by atoms with Crippen LogP contribution in [0, 0.1) is 0 Å². The van der Waals surface area contributed by atoms with E-state index in [1.165, 1.54) is 0 Å². The van der Waals surface area contributed by atoms with Gasteiger partial charge in [-0.25, -0.2) is 0 Å². The van der Waals surface area contributed by atoms with Crippen LogP contribution in [0.2, 0.25) is 0 Å². The van der Waals surface area contributed by atoms with Crippen molar-refractivity contribution in [2.75, 3.05) is 13.2 Å². The summed E-state index contributed by atoms with van der Waals surface area (Å²) < 4.78 is 11.6. The molecule has 1 amide bonds. The Labute approximate surface area is 187 Å². The number of amides is 1. The summed E-state index contributed by atoms with van der Waals surface area (Å²) in [6.07, 6.45) is 0.775. The van der Waals surface area contributed by atoms with Crippen LogP contribution < -0.4 is 5.32 Å². The lowest BCUT2D eigenvalue weighted by atomic mass is 10.1.